The first-order chi connectivity index (χ1) is 12.1. The van der Waals surface area contributed by atoms with Gasteiger partial charge in [0.15, 0.2) is 5.71 Å². The highest BCUT2D eigenvalue weighted by molar-refractivity contribution is 6.04. The number of nitrogens with zero attached hydrogens (tertiary/aromatic N) is 2. The molecule has 3 rings (SSSR count). The molecule has 126 valence electrons. The molecule has 2 aromatic carbocycles. The molecule has 0 bridgehead atoms. The van der Waals surface area contributed by atoms with Crippen LogP contribution in [-0.4, -0.2) is 38.5 Å². The van der Waals surface area contributed by atoms with Crippen LogP contribution in [0.1, 0.15) is 11.1 Å². The van der Waals surface area contributed by atoms with Gasteiger partial charge in [-0.05, 0) is 46.6 Å². The van der Waals surface area contributed by atoms with E-state index in [1.807, 2.05) is 0 Å². The van der Waals surface area contributed by atoms with Gasteiger partial charge in [0.05, 0.1) is 0 Å². The quantitative estimate of drug-likeness (QED) is 0.757. The molecule has 2 aromatic rings. The molecule has 0 heterocycles. The molecule has 0 spiro atoms. The van der Waals surface area contributed by atoms with Gasteiger partial charge in [0, 0.05) is 31.9 Å². The Kier molecular flexibility index (Phi) is 4.99. The average molecular weight is 329 g/mol. The minimum atomic E-state index is 1.20. The monoisotopic (exact) mass is 329 g/mol. The fourth-order valence-electron chi connectivity index (χ4n) is 2.97. The van der Waals surface area contributed by atoms with Crippen molar-refractivity contribution in [3.63, 3.8) is 0 Å². The van der Waals surface area contributed by atoms with Crippen molar-refractivity contribution in [2.45, 2.75) is 0 Å². The van der Waals surface area contributed by atoms with Crippen molar-refractivity contribution in [3.8, 4) is 0 Å². The highest BCUT2D eigenvalue weighted by atomic mass is 15.1. The Balaban J connectivity index is 2.18. The maximum absolute atomic E-state index is 2.25. The zero-order valence-corrected chi connectivity index (χ0v) is 15.4. The van der Waals surface area contributed by atoms with E-state index in [1.54, 1.807) is 0 Å². The van der Waals surface area contributed by atoms with E-state index < -0.39 is 0 Å². The van der Waals surface area contributed by atoms with E-state index in [0.29, 0.717) is 0 Å². The summed E-state index contributed by atoms with van der Waals surface area (Å²) in [5.41, 5.74) is 7.36. The number of anilines is 1. The van der Waals surface area contributed by atoms with Crippen molar-refractivity contribution in [2.75, 3.05) is 33.1 Å². The molecular weight excluding hydrogens is 304 g/mol. The molecule has 0 aliphatic heterocycles. The summed E-state index contributed by atoms with van der Waals surface area (Å²) in [7, 11) is 8.29. The van der Waals surface area contributed by atoms with Crippen LogP contribution < -0.4 is 4.90 Å². The highest BCUT2D eigenvalue weighted by Gasteiger charge is 2.13. The van der Waals surface area contributed by atoms with Gasteiger partial charge in [-0.25, -0.2) is 4.58 Å². The van der Waals surface area contributed by atoms with E-state index in [9.17, 15) is 0 Å². The second-order valence-corrected chi connectivity index (χ2v) is 6.63. The summed E-state index contributed by atoms with van der Waals surface area (Å²) in [5, 5.41) is 0. The van der Waals surface area contributed by atoms with Crippen molar-refractivity contribution in [3.05, 3.63) is 95.6 Å². The number of hydrogen-bond acceptors (Lipinski definition) is 1. The summed E-state index contributed by atoms with van der Waals surface area (Å²) in [6, 6.07) is 19.3. The molecule has 25 heavy (non-hydrogen) atoms. The molecule has 0 unspecified atom stereocenters. The summed E-state index contributed by atoms with van der Waals surface area (Å²) in [6.07, 6.45) is 8.77. The Morgan fingerprint density at radius 3 is 2.00 bits per heavy atom. The van der Waals surface area contributed by atoms with Crippen molar-refractivity contribution in [1.82, 2.24) is 0 Å². The average Bonchev–Trinajstić information content (AvgIpc) is 2.63. The molecule has 0 amide bonds. The number of rotatable bonds is 3. The van der Waals surface area contributed by atoms with Gasteiger partial charge in [-0.15, -0.1) is 0 Å². The molecular formula is C23H25N2+. The molecule has 0 atom stereocenters. The number of allylic oxidation sites excluding steroid dienone is 5. The van der Waals surface area contributed by atoms with Crippen LogP contribution in [0.15, 0.2) is 84.5 Å². The van der Waals surface area contributed by atoms with E-state index in [2.05, 4.69) is 117 Å². The molecule has 0 saturated carbocycles. The standard InChI is InChI=1S/C23H25N2/c1-24(2)21-15-13-19(14-16-21)23(18-9-6-5-7-10-18)20-11-8-12-22(17-20)25(3)4/h5-17H,1-4H3/q+1. The Morgan fingerprint density at radius 2 is 1.40 bits per heavy atom. The Hall–Kier alpha value is -2.87. The van der Waals surface area contributed by atoms with Crippen LogP contribution in [0.3, 0.4) is 0 Å². The van der Waals surface area contributed by atoms with Gasteiger partial charge in [0.2, 0.25) is 0 Å². The normalized spacial score (nSPS) is 13.1. The van der Waals surface area contributed by atoms with Crippen LogP contribution in [0.5, 0.6) is 0 Å². The van der Waals surface area contributed by atoms with Crippen molar-refractivity contribution < 1.29 is 4.58 Å². The second kappa shape index (κ2) is 7.35. The topological polar surface area (TPSA) is 6.25 Å². The lowest BCUT2D eigenvalue weighted by atomic mass is 9.90. The maximum atomic E-state index is 2.25. The summed E-state index contributed by atoms with van der Waals surface area (Å²) in [5.74, 6) is 0. The molecule has 1 aliphatic rings. The van der Waals surface area contributed by atoms with Gasteiger partial charge in [-0.3, -0.25) is 0 Å². The van der Waals surface area contributed by atoms with Gasteiger partial charge in [-0.1, -0.05) is 42.5 Å². The zero-order chi connectivity index (χ0) is 17.8. The van der Waals surface area contributed by atoms with Crippen LogP contribution >= 0.6 is 0 Å². The first-order valence-electron chi connectivity index (χ1n) is 8.54. The van der Waals surface area contributed by atoms with E-state index >= 15 is 0 Å². The zero-order valence-electron chi connectivity index (χ0n) is 15.4. The molecule has 0 saturated heterocycles. The lowest BCUT2D eigenvalue weighted by molar-refractivity contribution is -0.462. The SMILES string of the molecule is CN(C)c1cccc(C(=C2C=CC(=[N+](C)C)C=C2)c2ccccc2)c1. The van der Waals surface area contributed by atoms with Crippen molar-refractivity contribution in [1.29, 1.82) is 0 Å². The Morgan fingerprint density at radius 1 is 0.760 bits per heavy atom. The van der Waals surface area contributed by atoms with Gasteiger partial charge >= 0.3 is 0 Å². The largest absolute Gasteiger partial charge is 0.378 e. The summed E-state index contributed by atoms with van der Waals surface area (Å²) in [4.78, 5) is 2.14. The second-order valence-electron chi connectivity index (χ2n) is 6.63. The van der Waals surface area contributed by atoms with Gasteiger partial charge in [-0.2, -0.15) is 0 Å². The number of hydrogen-bond donors (Lipinski definition) is 0. The third-order valence-corrected chi connectivity index (χ3v) is 4.39. The highest BCUT2D eigenvalue weighted by Crippen LogP contribution is 2.31. The molecule has 0 N–H and O–H groups in total. The van der Waals surface area contributed by atoms with Gasteiger partial charge in [0.1, 0.15) is 14.1 Å². The summed E-state index contributed by atoms with van der Waals surface area (Å²) in [6.45, 7) is 0. The van der Waals surface area contributed by atoms with E-state index in [4.69, 9.17) is 0 Å². The van der Waals surface area contributed by atoms with Crippen LogP contribution in [0, 0.1) is 0 Å². The smallest absolute Gasteiger partial charge is 0.199 e. The van der Waals surface area contributed by atoms with Crippen LogP contribution in [0.2, 0.25) is 0 Å². The number of benzene rings is 2. The molecule has 2 heteroatoms. The van der Waals surface area contributed by atoms with Crippen LogP contribution in [0.25, 0.3) is 5.57 Å². The molecule has 0 radical (unpaired) electrons. The lowest BCUT2D eigenvalue weighted by Crippen LogP contribution is -2.10. The molecule has 1 aliphatic carbocycles. The van der Waals surface area contributed by atoms with Crippen LogP contribution in [0.4, 0.5) is 5.69 Å². The van der Waals surface area contributed by atoms with E-state index in [-0.39, 0.29) is 0 Å². The lowest BCUT2D eigenvalue weighted by Gasteiger charge is -2.17. The third kappa shape index (κ3) is 3.80. The first kappa shape index (κ1) is 17.0. The Labute approximate surface area is 150 Å². The van der Waals surface area contributed by atoms with Gasteiger partial charge in [0.25, 0.3) is 0 Å². The molecule has 2 nitrogen and oxygen atoms in total. The fraction of sp³-hybridized carbons (Fsp3) is 0.174. The minimum Gasteiger partial charge on any atom is -0.378 e. The predicted molar refractivity (Wildman–Crippen MR) is 109 cm³/mol. The summed E-state index contributed by atoms with van der Waals surface area (Å²) < 4.78 is 2.12. The third-order valence-electron chi connectivity index (χ3n) is 4.39. The predicted octanol–water partition coefficient (Wildman–Crippen LogP) is 4.39. The molecule has 0 fully saturated rings. The van der Waals surface area contributed by atoms with E-state index in [0.717, 1.165) is 0 Å². The minimum absolute atomic E-state index is 1.20. The van der Waals surface area contributed by atoms with Crippen LogP contribution in [-0.2, 0) is 0 Å². The van der Waals surface area contributed by atoms with E-state index in [1.165, 1.54) is 33.7 Å². The first-order valence-corrected chi connectivity index (χ1v) is 8.54. The maximum Gasteiger partial charge on any atom is 0.199 e. The van der Waals surface area contributed by atoms with Crippen molar-refractivity contribution in [2.24, 2.45) is 0 Å². The Bertz CT molecular complexity index is 859. The fourth-order valence-corrected chi connectivity index (χ4v) is 2.97. The summed E-state index contributed by atoms with van der Waals surface area (Å²) >= 11 is 0. The van der Waals surface area contributed by atoms with Crippen molar-refractivity contribution >= 4 is 17.0 Å². The molecule has 0 aromatic heterocycles. The van der Waals surface area contributed by atoms with Gasteiger partial charge < -0.3 is 4.90 Å².